The van der Waals surface area contributed by atoms with E-state index in [-0.39, 0.29) is 5.84 Å². The van der Waals surface area contributed by atoms with Gasteiger partial charge < -0.3 is 10.5 Å². The van der Waals surface area contributed by atoms with Crippen LogP contribution in [-0.4, -0.2) is 17.9 Å². The predicted octanol–water partition coefficient (Wildman–Crippen LogP) is 2.53. The van der Waals surface area contributed by atoms with Gasteiger partial charge in [-0.25, -0.2) is 4.98 Å². The van der Waals surface area contributed by atoms with Gasteiger partial charge in [0.2, 0.25) is 0 Å². The molecule has 0 saturated heterocycles. The maximum absolute atomic E-state index is 7.36. The van der Waals surface area contributed by atoms with Crippen molar-refractivity contribution < 1.29 is 4.74 Å². The van der Waals surface area contributed by atoms with E-state index in [2.05, 4.69) is 4.98 Å². The molecular weight excluding hydrogens is 246 g/mol. The molecule has 0 amide bonds. The summed E-state index contributed by atoms with van der Waals surface area (Å²) in [6, 6.07) is 13.2. The first-order valence-electron chi connectivity index (χ1n) is 5.32. The van der Waals surface area contributed by atoms with Crippen molar-refractivity contribution in [2.45, 2.75) is 9.92 Å². The fourth-order valence-corrected chi connectivity index (χ4v) is 2.26. The summed E-state index contributed by atoms with van der Waals surface area (Å²) in [5.41, 5.74) is 5.90. The minimum Gasteiger partial charge on any atom is -0.497 e. The summed E-state index contributed by atoms with van der Waals surface area (Å²) in [4.78, 5) is 5.33. The van der Waals surface area contributed by atoms with Crippen molar-refractivity contribution in [2.24, 2.45) is 5.73 Å². The van der Waals surface area contributed by atoms with Crippen LogP contribution in [0.25, 0.3) is 0 Å². The number of amidine groups is 1. The van der Waals surface area contributed by atoms with E-state index in [1.54, 1.807) is 13.2 Å². The van der Waals surface area contributed by atoms with Crippen molar-refractivity contribution in [2.75, 3.05) is 7.11 Å². The molecule has 3 N–H and O–H groups in total. The summed E-state index contributed by atoms with van der Waals surface area (Å²) in [5, 5.41) is 8.16. The summed E-state index contributed by atoms with van der Waals surface area (Å²) >= 11 is 1.51. The molecular formula is C13H13N3OS. The van der Waals surface area contributed by atoms with E-state index in [0.717, 1.165) is 15.7 Å². The Morgan fingerprint density at radius 3 is 2.78 bits per heavy atom. The van der Waals surface area contributed by atoms with Gasteiger partial charge in [0.15, 0.2) is 0 Å². The van der Waals surface area contributed by atoms with Gasteiger partial charge in [0.1, 0.15) is 22.3 Å². The predicted molar refractivity (Wildman–Crippen MR) is 72.4 cm³/mol. The monoisotopic (exact) mass is 259 g/mol. The molecule has 0 fully saturated rings. The first-order chi connectivity index (χ1) is 8.69. The number of nitrogens with zero attached hydrogens (tertiary/aromatic N) is 1. The molecule has 5 heteroatoms. The lowest BCUT2D eigenvalue weighted by Crippen LogP contribution is -2.12. The number of nitrogens with one attached hydrogen (secondary N) is 1. The molecule has 1 aromatic carbocycles. The van der Waals surface area contributed by atoms with Crippen molar-refractivity contribution in [3.05, 3.63) is 48.2 Å². The lowest BCUT2D eigenvalue weighted by atomic mass is 10.3. The topological polar surface area (TPSA) is 72.0 Å². The number of ether oxygens (including phenoxy) is 1. The standard InChI is InChI=1S/C13H13N3OS/c1-17-9-4-2-5-10(8-9)18-12-7-3-6-11(16-12)13(14)15/h2-8H,1H3,(H3,14,15). The second kappa shape index (κ2) is 5.55. The first-order valence-corrected chi connectivity index (χ1v) is 6.14. The summed E-state index contributed by atoms with van der Waals surface area (Å²) in [7, 11) is 1.64. The average Bonchev–Trinajstić information content (AvgIpc) is 2.39. The van der Waals surface area contributed by atoms with Crippen molar-refractivity contribution >= 4 is 17.6 Å². The van der Waals surface area contributed by atoms with Gasteiger partial charge in [0, 0.05) is 4.90 Å². The quantitative estimate of drug-likeness (QED) is 0.653. The second-order valence-corrected chi connectivity index (χ2v) is 4.65. The molecule has 0 bridgehead atoms. The van der Waals surface area contributed by atoms with Gasteiger partial charge in [-0.15, -0.1) is 0 Å². The third-order valence-electron chi connectivity index (χ3n) is 2.26. The third-order valence-corrected chi connectivity index (χ3v) is 3.19. The molecule has 0 radical (unpaired) electrons. The van der Waals surface area contributed by atoms with Crippen LogP contribution in [0.1, 0.15) is 5.69 Å². The smallest absolute Gasteiger partial charge is 0.141 e. The Labute approximate surface area is 110 Å². The van der Waals surface area contributed by atoms with E-state index >= 15 is 0 Å². The van der Waals surface area contributed by atoms with Crippen LogP contribution in [0.4, 0.5) is 0 Å². The van der Waals surface area contributed by atoms with E-state index in [1.807, 2.05) is 36.4 Å². The number of nitrogens with two attached hydrogens (primary N) is 1. The number of hydrogen-bond acceptors (Lipinski definition) is 4. The Morgan fingerprint density at radius 2 is 2.06 bits per heavy atom. The van der Waals surface area contributed by atoms with Crippen LogP contribution in [0.5, 0.6) is 5.75 Å². The highest BCUT2D eigenvalue weighted by Gasteiger charge is 2.03. The average molecular weight is 259 g/mol. The minimum atomic E-state index is -0.0249. The number of nitrogen functional groups attached to an aromatic ring is 1. The molecule has 0 spiro atoms. The van der Waals surface area contributed by atoms with Crippen molar-refractivity contribution in [3.8, 4) is 5.75 Å². The van der Waals surface area contributed by atoms with E-state index in [0.29, 0.717) is 5.69 Å². The Bertz CT molecular complexity index is 572. The SMILES string of the molecule is COc1cccc(Sc2cccc(C(=N)N)n2)c1. The van der Waals surface area contributed by atoms with E-state index in [4.69, 9.17) is 15.9 Å². The van der Waals surface area contributed by atoms with Crippen LogP contribution in [0.2, 0.25) is 0 Å². The molecule has 92 valence electrons. The molecule has 0 atom stereocenters. The maximum atomic E-state index is 7.36. The van der Waals surface area contributed by atoms with Crippen molar-refractivity contribution in [1.29, 1.82) is 5.41 Å². The highest BCUT2D eigenvalue weighted by Crippen LogP contribution is 2.28. The lowest BCUT2D eigenvalue weighted by Gasteiger charge is -2.05. The largest absolute Gasteiger partial charge is 0.497 e. The fraction of sp³-hybridized carbons (Fsp3) is 0.0769. The molecule has 1 heterocycles. The molecule has 0 aliphatic heterocycles. The fourth-order valence-electron chi connectivity index (χ4n) is 1.41. The van der Waals surface area contributed by atoms with Crippen LogP contribution >= 0.6 is 11.8 Å². The number of pyridine rings is 1. The molecule has 0 aliphatic carbocycles. The second-order valence-electron chi connectivity index (χ2n) is 3.56. The summed E-state index contributed by atoms with van der Waals surface area (Å²) in [6.07, 6.45) is 0. The Balaban J connectivity index is 2.22. The third kappa shape index (κ3) is 3.01. The van der Waals surface area contributed by atoms with Gasteiger partial charge in [-0.1, -0.05) is 23.9 Å². The van der Waals surface area contributed by atoms with Gasteiger partial charge in [0.05, 0.1) is 7.11 Å². The van der Waals surface area contributed by atoms with Crippen LogP contribution in [0.15, 0.2) is 52.4 Å². The summed E-state index contributed by atoms with van der Waals surface area (Å²) < 4.78 is 5.17. The van der Waals surface area contributed by atoms with Gasteiger partial charge in [-0.05, 0) is 30.3 Å². The molecule has 2 rings (SSSR count). The molecule has 0 unspecified atom stereocenters. The molecule has 0 saturated carbocycles. The normalized spacial score (nSPS) is 10.1. The Morgan fingerprint density at radius 1 is 1.28 bits per heavy atom. The van der Waals surface area contributed by atoms with Crippen LogP contribution < -0.4 is 10.5 Å². The lowest BCUT2D eigenvalue weighted by molar-refractivity contribution is 0.413. The summed E-state index contributed by atoms with van der Waals surface area (Å²) in [5.74, 6) is 0.783. The van der Waals surface area contributed by atoms with Crippen molar-refractivity contribution in [1.82, 2.24) is 4.98 Å². The molecule has 4 nitrogen and oxygen atoms in total. The van der Waals surface area contributed by atoms with E-state index in [9.17, 15) is 0 Å². The number of rotatable bonds is 4. The van der Waals surface area contributed by atoms with Crippen LogP contribution in [-0.2, 0) is 0 Å². The zero-order valence-electron chi connectivity index (χ0n) is 9.88. The molecule has 2 aromatic rings. The Hall–Kier alpha value is -2.01. The molecule has 1 aromatic heterocycles. The highest BCUT2D eigenvalue weighted by molar-refractivity contribution is 7.99. The van der Waals surface area contributed by atoms with Gasteiger partial charge in [-0.2, -0.15) is 0 Å². The highest BCUT2D eigenvalue weighted by atomic mass is 32.2. The van der Waals surface area contributed by atoms with E-state index in [1.165, 1.54) is 11.8 Å². The van der Waals surface area contributed by atoms with Crippen LogP contribution in [0.3, 0.4) is 0 Å². The molecule has 0 aliphatic rings. The van der Waals surface area contributed by atoms with Gasteiger partial charge in [-0.3, -0.25) is 5.41 Å². The number of aromatic nitrogens is 1. The number of methoxy groups -OCH3 is 1. The number of hydrogen-bond donors (Lipinski definition) is 2. The van der Waals surface area contributed by atoms with Crippen LogP contribution in [0, 0.1) is 5.41 Å². The van der Waals surface area contributed by atoms with Gasteiger partial charge >= 0.3 is 0 Å². The zero-order valence-corrected chi connectivity index (χ0v) is 10.7. The Kier molecular flexibility index (Phi) is 3.84. The minimum absolute atomic E-state index is 0.0249. The molecule has 18 heavy (non-hydrogen) atoms. The maximum Gasteiger partial charge on any atom is 0.141 e. The first kappa shape index (κ1) is 12.4. The summed E-state index contributed by atoms with van der Waals surface area (Å²) in [6.45, 7) is 0. The number of benzene rings is 1. The zero-order chi connectivity index (χ0) is 13.0. The van der Waals surface area contributed by atoms with Crippen molar-refractivity contribution in [3.63, 3.8) is 0 Å². The van der Waals surface area contributed by atoms with Gasteiger partial charge in [0.25, 0.3) is 0 Å². The van der Waals surface area contributed by atoms with E-state index < -0.39 is 0 Å².